The van der Waals surface area contributed by atoms with E-state index >= 15 is 0 Å². The standard InChI is InChI=1S/C22H26FNO4/c1-5-27-20-11-7-16(14-21(20)28-6-2)9-12-22(25)24(3)15-17-8-10-19(26-4)18(23)13-17/h7-14H,5-6,15H2,1-4H3/b12-9+. The number of hydrogen-bond donors (Lipinski definition) is 0. The number of methoxy groups -OCH3 is 1. The summed E-state index contributed by atoms with van der Waals surface area (Å²) in [6.07, 6.45) is 3.19. The topological polar surface area (TPSA) is 48.0 Å². The average molecular weight is 387 g/mol. The normalized spacial score (nSPS) is 10.8. The summed E-state index contributed by atoms with van der Waals surface area (Å²) >= 11 is 0. The average Bonchev–Trinajstić information content (AvgIpc) is 2.68. The fraction of sp³-hybridized carbons (Fsp3) is 0.318. The predicted octanol–water partition coefficient (Wildman–Crippen LogP) is 4.30. The second kappa shape index (κ2) is 10.3. The number of nitrogens with zero attached hydrogens (tertiary/aromatic N) is 1. The van der Waals surface area contributed by atoms with E-state index in [0.29, 0.717) is 30.3 Å². The van der Waals surface area contributed by atoms with Gasteiger partial charge in [0.05, 0.1) is 20.3 Å². The van der Waals surface area contributed by atoms with Crippen LogP contribution in [0.2, 0.25) is 0 Å². The molecule has 0 heterocycles. The van der Waals surface area contributed by atoms with Gasteiger partial charge < -0.3 is 19.1 Å². The van der Waals surface area contributed by atoms with Crippen molar-refractivity contribution >= 4 is 12.0 Å². The molecular formula is C22H26FNO4. The Morgan fingerprint density at radius 2 is 1.71 bits per heavy atom. The van der Waals surface area contributed by atoms with Crippen molar-refractivity contribution in [3.63, 3.8) is 0 Å². The lowest BCUT2D eigenvalue weighted by molar-refractivity contribution is -0.125. The molecule has 2 rings (SSSR count). The van der Waals surface area contributed by atoms with Crippen LogP contribution in [0.1, 0.15) is 25.0 Å². The van der Waals surface area contributed by atoms with Crippen LogP contribution in [0.4, 0.5) is 4.39 Å². The quantitative estimate of drug-likeness (QED) is 0.602. The highest BCUT2D eigenvalue weighted by molar-refractivity contribution is 5.91. The van der Waals surface area contributed by atoms with Crippen LogP contribution in [-0.2, 0) is 11.3 Å². The fourth-order valence-corrected chi connectivity index (χ4v) is 2.63. The molecule has 0 aliphatic rings. The molecule has 0 N–H and O–H groups in total. The molecule has 0 unspecified atom stereocenters. The van der Waals surface area contributed by atoms with E-state index < -0.39 is 5.82 Å². The Morgan fingerprint density at radius 3 is 2.36 bits per heavy atom. The van der Waals surface area contributed by atoms with Crippen LogP contribution >= 0.6 is 0 Å². The van der Waals surface area contributed by atoms with Crippen molar-refractivity contribution in [2.45, 2.75) is 20.4 Å². The number of hydrogen-bond acceptors (Lipinski definition) is 4. The van der Waals surface area contributed by atoms with Gasteiger partial charge in [-0.25, -0.2) is 4.39 Å². The van der Waals surface area contributed by atoms with Crippen LogP contribution in [0.15, 0.2) is 42.5 Å². The number of halogens is 1. The molecule has 6 heteroatoms. The molecule has 5 nitrogen and oxygen atoms in total. The van der Waals surface area contributed by atoms with E-state index in [9.17, 15) is 9.18 Å². The lowest BCUT2D eigenvalue weighted by atomic mass is 10.1. The second-order valence-corrected chi connectivity index (χ2v) is 6.07. The Balaban J connectivity index is 2.05. The van der Waals surface area contributed by atoms with Gasteiger partial charge in [0.1, 0.15) is 0 Å². The first kappa shape index (κ1) is 21.3. The maximum Gasteiger partial charge on any atom is 0.246 e. The molecule has 2 aromatic rings. The summed E-state index contributed by atoms with van der Waals surface area (Å²) in [5, 5.41) is 0. The fourth-order valence-electron chi connectivity index (χ4n) is 2.63. The van der Waals surface area contributed by atoms with Crippen LogP contribution < -0.4 is 14.2 Å². The second-order valence-electron chi connectivity index (χ2n) is 6.07. The van der Waals surface area contributed by atoms with Gasteiger partial charge in [0.25, 0.3) is 0 Å². The zero-order valence-corrected chi connectivity index (χ0v) is 16.7. The number of rotatable bonds is 9. The van der Waals surface area contributed by atoms with Crippen molar-refractivity contribution in [3.05, 3.63) is 59.4 Å². The van der Waals surface area contributed by atoms with E-state index in [2.05, 4.69) is 0 Å². The molecule has 0 radical (unpaired) electrons. The largest absolute Gasteiger partial charge is 0.494 e. The van der Waals surface area contributed by atoms with Crippen LogP contribution in [0.3, 0.4) is 0 Å². The summed E-state index contributed by atoms with van der Waals surface area (Å²) in [6.45, 7) is 5.17. The Hall–Kier alpha value is -3.02. The van der Waals surface area contributed by atoms with Gasteiger partial charge in [0.2, 0.25) is 5.91 Å². The molecule has 0 aliphatic carbocycles. The van der Waals surface area contributed by atoms with Crippen molar-refractivity contribution in [1.29, 1.82) is 0 Å². The number of carbonyl (C=O) groups is 1. The minimum absolute atomic E-state index is 0.179. The molecule has 0 fully saturated rings. The number of carbonyl (C=O) groups excluding carboxylic acids is 1. The molecule has 0 spiro atoms. The Bertz CT molecular complexity index is 835. The number of ether oxygens (including phenoxy) is 3. The van der Waals surface area contributed by atoms with Crippen LogP contribution in [-0.4, -0.2) is 38.2 Å². The lowest BCUT2D eigenvalue weighted by Gasteiger charge is -2.16. The maximum atomic E-state index is 13.8. The van der Waals surface area contributed by atoms with Crippen LogP contribution in [0, 0.1) is 5.82 Å². The number of likely N-dealkylation sites (N-methyl/N-ethyl adjacent to an activating group) is 1. The number of benzene rings is 2. The predicted molar refractivity (Wildman–Crippen MR) is 107 cm³/mol. The van der Waals surface area contributed by atoms with Gasteiger partial charge in [-0.15, -0.1) is 0 Å². The zero-order chi connectivity index (χ0) is 20.5. The molecule has 0 saturated heterocycles. The minimum atomic E-state index is -0.450. The molecule has 0 bridgehead atoms. The highest BCUT2D eigenvalue weighted by Gasteiger charge is 2.10. The van der Waals surface area contributed by atoms with Gasteiger partial charge in [-0.05, 0) is 55.3 Å². The molecule has 0 aliphatic heterocycles. The van der Waals surface area contributed by atoms with Crippen LogP contribution in [0.25, 0.3) is 6.08 Å². The van der Waals surface area contributed by atoms with Gasteiger partial charge in [-0.3, -0.25) is 4.79 Å². The van der Waals surface area contributed by atoms with E-state index in [1.807, 2.05) is 32.0 Å². The number of amides is 1. The van der Waals surface area contributed by atoms with Crippen molar-refractivity contribution in [2.75, 3.05) is 27.4 Å². The van der Waals surface area contributed by atoms with Gasteiger partial charge in [-0.1, -0.05) is 12.1 Å². The Labute approximate surface area is 165 Å². The summed E-state index contributed by atoms with van der Waals surface area (Å²) in [5.41, 5.74) is 1.51. The van der Waals surface area contributed by atoms with E-state index in [-0.39, 0.29) is 18.2 Å². The van der Waals surface area contributed by atoms with Crippen molar-refractivity contribution in [3.8, 4) is 17.2 Å². The monoisotopic (exact) mass is 387 g/mol. The van der Waals surface area contributed by atoms with Crippen LogP contribution in [0.5, 0.6) is 17.2 Å². The maximum absolute atomic E-state index is 13.8. The first-order chi connectivity index (χ1) is 13.5. The van der Waals surface area contributed by atoms with Crippen molar-refractivity contribution < 1.29 is 23.4 Å². The zero-order valence-electron chi connectivity index (χ0n) is 16.7. The first-order valence-corrected chi connectivity index (χ1v) is 9.13. The summed E-state index contributed by atoms with van der Waals surface area (Å²) in [7, 11) is 3.08. The summed E-state index contributed by atoms with van der Waals surface area (Å²) in [4.78, 5) is 13.9. The summed E-state index contributed by atoms with van der Waals surface area (Å²) in [5.74, 6) is 0.850. The third kappa shape index (κ3) is 5.74. The Morgan fingerprint density at radius 1 is 1.04 bits per heavy atom. The smallest absolute Gasteiger partial charge is 0.246 e. The van der Waals surface area contributed by atoms with E-state index in [1.54, 1.807) is 25.3 Å². The van der Waals surface area contributed by atoms with Gasteiger partial charge in [0.15, 0.2) is 23.1 Å². The minimum Gasteiger partial charge on any atom is -0.494 e. The van der Waals surface area contributed by atoms with Gasteiger partial charge in [0, 0.05) is 19.7 Å². The third-order valence-electron chi connectivity index (χ3n) is 4.00. The van der Waals surface area contributed by atoms with E-state index in [4.69, 9.17) is 14.2 Å². The molecule has 150 valence electrons. The summed E-state index contributed by atoms with van der Waals surface area (Å²) < 4.78 is 29.8. The van der Waals surface area contributed by atoms with Gasteiger partial charge >= 0.3 is 0 Å². The third-order valence-corrected chi connectivity index (χ3v) is 4.00. The molecule has 2 aromatic carbocycles. The van der Waals surface area contributed by atoms with Gasteiger partial charge in [-0.2, -0.15) is 0 Å². The molecule has 0 aromatic heterocycles. The summed E-state index contributed by atoms with van der Waals surface area (Å²) in [6, 6.07) is 10.2. The highest BCUT2D eigenvalue weighted by Crippen LogP contribution is 2.29. The molecule has 0 saturated carbocycles. The molecule has 0 atom stereocenters. The SMILES string of the molecule is CCOc1ccc(/C=C/C(=O)N(C)Cc2ccc(OC)c(F)c2)cc1OCC. The molecular weight excluding hydrogens is 361 g/mol. The lowest BCUT2D eigenvalue weighted by Crippen LogP contribution is -2.24. The highest BCUT2D eigenvalue weighted by atomic mass is 19.1. The van der Waals surface area contributed by atoms with Crippen molar-refractivity contribution in [1.82, 2.24) is 4.90 Å². The molecule has 28 heavy (non-hydrogen) atoms. The Kier molecular flexibility index (Phi) is 7.87. The van der Waals surface area contributed by atoms with Crippen molar-refractivity contribution in [2.24, 2.45) is 0 Å². The van der Waals surface area contributed by atoms with E-state index in [1.165, 1.54) is 24.2 Å². The molecule has 1 amide bonds. The van der Waals surface area contributed by atoms with E-state index in [0.717, 1.165) is 5.56 Å². The first-order valence-electron chi connectivity index (χ1n) is 9.13.